The molecule has 2 atom stereocenters. The van der Waals surface area contributed by atoms with Crippen LogP contribution in [0.4, 0.5) is 0 Å². The van der Waals surface area contributed by atoms with Crippen molar-refractivity contribution in [2.75, 3.05) is 13.1 Å². The molecule has 2 N–H and O–H groups in total. The number of nitrogens with zero attached hydrogens (tertiary/aromatic N) is 2. The lowest BCUT2D eigenvalue weighted by Crippen LogP contribution is -2.34. The summed E-state index contributed by atoms with van der Waals surface area (Å²) in [6.07, 6.45) is 3.81. The quantitative estimate of drug-likeness (QED) is 0.779. The summed E-state index contributed by atoms with van der Waals surface area (Å²) >= 11 is 9.57. The number of carbonyl (C=O) groups is 1. The monoisotopic (exact) mass is 432 g/mol. The van der Waals surface area contributed by atoms with Crippen molar-refractivity contribution in [3.63, 3.8) is 0 Å². The lowest BCUT2D eigenvalue weighted by Gasteiger charge is -2.17. The van der Waals surface area contributed by atoms with Crippen LogP contribution in [0, 0.1) is 5.92 Å². The van der Waals surface area contributed by atoms with Gasteiger partial charge in [-0.15, -0.1) is 12.4 Å². The van der Waals surface area contributed by atoms with Crippen molar-refractivity contribution < 1.29 is 4.79 Å². The van der Waals surface area contributed by atoms with Crippen LogP contribution < -0.4 is 10.6 Å². The Morgan fingerprint density at radius 3 is 2.96 bits per heavy atom. The van der Waals surface area contributed by atoms with E-state index in [4.69, 9.17) is 11.6 Å². The van der Waals surface area contributed by atoms with Crippen molar-refractivity contribution in [2.24, 2.45) is 13.0 Å². The molecular weight excluding hydrogens is 415 g/mol. The summed E-state index contributed by atoms with van der Waals surface area (Å²) in [4.78, 5) is 12.6. The molecule has 1 fully saturated rings. The fraction of sp³-hybridized carbons (Fsp3) is 0.375. The molecule has 2 aromatic rings. The predicted molar refractivity (Wildman–Crippen MR) is 101 cm³/mol. The Bertz CT molecular complexity index is 722. The van der Waals surface area contributed by atoms with E-state index in [0.29, 0.717) is 18.1 Å². The van der Waals surface area contributed by atoms with Gasteiger partial charge >= 0.3 is 0 Å². The molecule has 8 heteroatoms. The van der Waals surface area contributed by atoms with E-state index in [1.165, 1.54) is 0 Å². The van der Waals surface area contributed by atoms with Gasteiger partial charge in [0.2, 0.25) is 5.91 Å². The van der Waals surface area contributed by atoms with E-state index in [0.717, 1.165) is 22.1 Å². The first-order chi connectivity index (χ1) is 11.0. The number of halogens is 3. The summed E-state index contributed by atoms with van der Waals surface area (Å²) in [6.45, 7) is 1.91. The Labute approximate surface area is 160 Å². The van der Waals surface area contributed by atoms with Crippen molar-refractivity contribution in [3.05, 3.63) is 51.2 Å². The van der Waals surface area contributed by atoms with Crippen LogP contribution in [0.15, 0.2) is 35.1 Å². The lowest BCUT2D eigenvalue weighted by molar-refractivity contribution is -0.125. The zero-order valence-corrected chi connectivity index (χ0v) is 16.3. The molecule has 1 amide bonds. The van der Waals surface area contributed by atoms with E-state index >= 15 is 0 Å². The highest BCUT2D eigenvalue weighted by Gasteiger charge is 2.34. The maximum absolute atomic E-state index is 12.6. The van der Waals surface area contributed by atoms with Crippen LogP contribution in [0.5, 0.6) is 0 Å². The first-order valence-electron chi connectivity index (χ1n) is 7.45. The van der Waals surface area contributed by atoms with Crippen LogP contribution >= 0.6 is 39.9 Å². The number of nitrogens with one attached hydrogen (secondary N) is 2. The van der Waals surface area contributed by atoms with Gasteiger partial charge in [0.15, 0.2) is 0 Å². The summed E-state index contributed by atoms with van der Waals surface area (Å²) in [5.41, 5.74) is 2.01. The van der Waals surface area contributed by atoms with Crippen LogP contribution in [0.2, 0.25) is 5.02 Å². The molecular formula is C16H19BrCl2N4O. The second-order valence-electron chi connectivity index (χ2n) is 5.77. The summed E-state index contributed by atoms with van der Waals surface area (Å²) in [5.74, 6) is 0.111. The first-order valence-corrected chi connectivity index (χ1v) is 8.62. The van der Waals surface area contributed by atoms with Gasteiger partial charge < -0.3 is 10.6 Å². The van der Waals surface area contributed by atoms with Gasteiger partial charge in [-0.2, -0.15) is 5.10 Å². The first kappa shape index (κ1) is 19.2. The minimum atomic E-state index is -0.0894. The molecule has 24 heavy (non-hydrogen) atoms. The Hall–Kier alpha value is -1.08. The molecule has 0 saturated carbocycles. The SMILES string of the molecule is Cl.Cn1cc([C@H]2CNC[C@@H]2C(=O)NCc2ccc(Br)cc2Cl)cn1. The Kier molecular flexibility index (Phi) is 6.69. The standard InChI is InChI=1S/C16H18BrClN4O.ClH/c1-22-9-11(6-21-22)13-7-19-8-14(13)16(23)20-5-10-2-3-12(17)4-15(10)18;/h2-4,6,9,13-14,19H,5,7-8H2,1H3,(H,20,23);1H/t13-,14+;/m1./s1. The number of aromatic nitrogens is 2. The third-order valence-corrected chi connectivity index (χ3v) is 5.02. The summed E-state index contributed by atoms with van der Waals surface area (Å²) in [5, 5.41) is 11.1. The predicted octanol–water partition coefficient (Wildman–Crippen LogP) is 2.88. The van der Waals surface area contributed by atoms with E-state index in [2.05, 4.69) is 31.7 Å². The van der Waals surface area contributed by atoms with Crippen LogP contribution in [0.3, 0.4) is 0 Å². The molecule has 1 aromatic carbocycles. The molecule has 0 aliphatic carbocycles. The van der Waals surface area contributed by atoms with E-state index in [1.54, 1.807) is 4.68 Å². The van der Waals surface area contributed by atoms with Crippen molar-refractivity contribution >= 4 is 45.8 Å². The highest BCUT2D eigenvalue weighted by Crippen LogP contribution is 2.28. The second-order valence-corrected chi connectivity index (χ2v) is 7.09. The average Bonchev–Trinajstić information content (AvgIpc) is 3.14. The molecule has 5 nitrogen and oxygen atoms in total. The molecule has 1 aromatic heterocycles. The smallest absolute Gasteiger partial charge is 0.225 e. The molecule has 1 saturated heterocycles. The minimum Gasteiger partial charge on any atom is -0.352 e. The van der Waals surface area contributed by atoms with E-state index < -0.39 is 0 Å². The third-order valence-electron chi connectivity index (χ3n) is 4.17. The summed E-state index contributed by atoms with van der Waals surface area (Å²) in [6, 6.07) is 5.67. The molecule has 1 aliphatic rings. The molecule has 0 bridgehead atoms. The van der Waals surface area contributed by atoms with E-state index in [1.807, 2.05) is 37.6 Å². The van der Waals surface area contributed by atoms with Crippen molar-refractivity contribution in [3.8, 4) is 0 Å². The summed E-state index contributed by atoms with van der Waals surface area (Å²) in [7, 11) is 1.89. The molecule has 2 heterocycles. The fourth-order valence-electron chi connectivity index (χ4n) is 2.91. The van der Waals surface area contributed by atoms with E-state index in [-0.39, 0.29) is 30.2 Å². The fourth-order valence-corrected chi connectivity index (χ4v) is 3.65. The van der Waals surface area contributed by atoms with Crippen LogP contribution in [0.1, 0.15) is 17.0 Å². The zero-order valence-electron chi connectivity index (χ0n) is 13.1. The number of aryl methyl sites for hydroxylation is 1. The van der Waals surface area contributed by atoms with Gasteiger partial charge in [0.1, 0.15) is 0 Å². The minimum absolute atomic E-state index is 0. The highest BCUT2D eigenvalue weighted by atomic mass is 79.9. The van der Waals surface area contributed by atoms with Crippen molar-refractivity contribution in [2.45, 2.75) is 12.5 Å². The van der Waals surface area contributed by atoms with Crippen LogP contribution in [-0.2, 0) is 18.4 Å². The lowest BCUT2D eigenvalue weighted by atomic mass is 9.90. The van der Waals surface area contributed by atoms with Gasteiger partial charge in [-0.3, -0.25) is 9.48 Å². The van der Waals surface area contributed by atoms with Crippen LogP contribution in [0.25, 0.3) is 0 Å². The third kappa shape index (κ3) is 4.30. The number of carbonyl (C=O) groups excluding carboxylic acids is 1. The van der Waals surface area contributed by atoms with Gasteiger partial charge in [0.25, 0.3) is 0 Å². The van der Waals surface area contributed by atoms with Gasteiger partial charge in [-0.25, -0.2) is 0 Å². The number of rotatable bonds is 4. The zero-order chi connectivity index (χ0) is 16.4. The molecule has 0 radical (unpaired) electrons. The molecule has 1 aliphatic heterocycles. The van der Waals surface area contributed by atoms with Crippen molar-refractivity contribution in [1.29, 1.82) is 0 Å². The number of hydrogen-bond acceptors (Lipinski definition) is 3. The summed E-state index contributed by atoms with van der Waals surface area (Å²) < 4.78 is 2.69. The number of benzene rings is 1. The van der Waals surface area contributed by atoms with Gasteiger partial charge in [-0.1, -0.05) is 33.6 Å². The number of amides is 1. The highest BCUT2D eigenvalue weighted by molar-refractivity contribution is 9.10. The van der Waals surface area contributed by atoms with Gasteiger partial charge in [0, 0.05) is 48.3 Å². The van der Waals surface area contributed by atoms with Crippen molar-refractivity contribution in [1.82, 2.24) is 20.4 Å². The number of hydrogen-bond donors (Lipinski definition) is 2. The largest absolute Gasteiger partial charge is 0.352 e. The Balaban J connectivity index is 0.00000208. The van der Waals surface area contributed by atoms with Gasteiger partial charge in [0.05, 0.1) is 12.1 Å². The molecule has 130 valence electrons. The molecule has 0 unspecified atom stereocenters. The maximum atomic E-state index is 12.6. The topological polar surface area (TPSA) is 59.0 Å². The Morgan fingerprint density at radius 2 is 2.29 bits per heavy atom. The van der Waals surface area contributed by atoms with Gasteiger partial charge in [-0.05, 0) is 23.3 Å². The average molecular weight is 434 g/mol. The molecule has 3 rings (SSSR count). The van der Waals surface area contributed by atoms with Crippen LogP contribution in [-0.4, -0.2) is 28.8 Å². The van der Waals surface area contributed by atoms with E-state index in [9.17, 15) is 4.79 Å². The second kappa shape index (κ2) is 8.34. The maximum Gasteiger partial charge on any atom is 0.225 e. The molecule has 0 spiro atoms. The Morgan fingerprint density at radius 1 is 1.50 bits per heavy atom. The normalized spacial score (nSPS) is 19.8.